The highest BCUT2D eigenvalue weighted by Crippen LogP contribution is 2.44. The van der Waals surface area contributed by atoms with Crippen LogP contribution in [-0.4, -0.2) is 44.2 Å². The highest BCUT2D eigenvalue weighted by atomic mass is 16.5. The maximum Gasteiger partial charge on any atom is 0.300 e. The summed E-state index contributed by atoms with van der Waals surface area (Å²) < 4.78 is 22.1. The molecule has 1 heterocycles. The Morgan fingerprint density at radius 1 is 0.868 bits per heavy atom. The SMILES string of the molecule is CCCOc1cccc(/C(O)=C2/C(=O)C(=O)N(c3ccc(OCC)cc3)C2c2ccc(OC)c(OC)c2)c1. The van der Waals surface area contributed by atoms with E-state index in [0.29, 0.717) is 53.0 Å². The number of carbonyl (C=O) groups excluding carboxylic acids is 2. The second-order valence-corrected chi connectivity index (χ2v) is 8.59. The fourth-order valence-corrected chi connectivity index (χ4v) is 4.42. The van der Waals surface area contributed by atoms with E-state index < -0.39 is 17.7 Å². The van der Waals surface area contributed by atoms with Gasteiger partial charge in [-0.25, -0.2) is 0 Å². The van der Waals surface area contributed by atoms with Crippen molar-refractivity contribution in [2.75, 3.05) is 32.3 Å². The Hall–Kier alpha value is -4.46. The zero-order valence-electron chi connectivity index (χ0n) is 21.9. The first-order valence-electron chi connectivity index (χ1n) is 12.4. The van der Waals surface area contributed by atoms with E-state index in [4.69, 9.17) is 18.9 Å². The fourth-order valence-electron chi connectivity index (χ4n) is 4.42. The van der Waals surface area contributed by atoms with Crippen molar-refractivity contribution in [2.45, 2.75) is 26.3 Å². The van der Waals surface area contributed by atoms with Crippen molar-refractivity contribution in [3.8, 4) is 23.0 Å². The summed E-state index contributed by atoms with van der Waals surface area (Å²) in [6.07, 6.45) is 0.822. The molecule has 1 saturated heterocycles. The van der Waals surface area contributed by atoms with Crippen LogP contribution < -0.4 is 23.8 Å². The Labute approximate surface area is 222 Å². The van der Waals surface area contributed by atoms with Crippen molar-refractivity contribution in [1.82, 2.24) is 0 Å². The summed E-state index contributed by atoms with van der Waals surface area (Å²) >= 11 is 0. The van der Waals surface area contributed by atoms with Gasteiger partial charge < -0.3 is 24.1 Å². The molecule has 4 rings (SSSR count). The molecule has 1 aliphatic heterocycles. The molecule has 0 aliphatic carbocycles. The van der Waals surface area contributed by atoms with Gasteiger partial charge in [-0.1, -0.05) is 25.1 Å². The number of nitrogens with zero attached hydrogens (tertiary/aromatic N) is 1. The number of Topliss-reactive ketones (excluding diaryl/α,β-unsaturated/α-hetero) is 1. The van der Waals surface area contributed by atoms with Crippen LogP contribution in [0.1, 0.15) is 37.4 Å². The second-order valence-electron chi connectivity index (χ2n) is 8.59. The highest BCUT2D eigenvalue weighted by molar-refractivity contribution is 6.51. The molecule has 1 amide bonds. The molecule has 0 bridgehead atoms. The number of ether oxygens (including phenoxy) is 4. The van der Waals surface area contributed by atoms with E-state index in [1.165, 1.54) is 19.1 Å². The van der Waals surface area contributed by atoms with Gasteiger partial charge in [0.15, 0.2) is 11.5 Å². The molecule has 1 fully saturated rings. The van der Waals surface area contributed by atoms with Crippen molar-refractivity contribution >= 4 is 23.1 Å². The van der Waals surface area contributed by atoms with Gasteiger partial charge in [0, 0.05) is 11.3 Å². The molecule has 8 nitrogen and oxygen atoms in total. The van der Waals surface area contributed by atoms with Gasteiger partial charge in [-0.2, -0.15) is 0 Å². The van der Waals surface area contributed by atoms with Gasteiger partial charge in [-0.05, 0) is 67.4 Å². The van der Waals surface area contributed by atoms with Crippen molar-refractivity contribution in [3.05, 3.63) is 83.4 Å². The molecule has 0 radical (unpaired) electrons. The first kappa shape index (κ1) is 26.6. The number of methoxy groups -OCH3 is 2. The number of amides is 1. The van der Waals surface area contributed by atoms with Gasteiger partial charge in [0.1, 0.15) is 17.3 Å². The molecule has 0 spiro atoms. The molecule has 1 unspecified atom stereocenters. The summed E-state index contributed by atoms with van der Waals surface area (Å²) in [7, 11) is 3.03. The summed E-state index contributed by atoms with van der Waals surface area (Å²) in [6, 6.07) is 17.9. The van der Waals surface area contributed by atoms with Gasteiger partial charge in [0.25, 0.3) is 11.7 Å². The third-order valence-electron chi connectivity index (χ3n) is 6.17. The Kier molecular flexibility index (Phi) is 8.21. The topological polar surface area (TPSA) is 94.5 Å². The third kappa shape index (κ3) is 5.16. The molecule has 1 N–H and O–H groups in total. The summed E-state index contributed by atoms with van der Waals surface area (Å²) in [6.45, 7) is 4.88. The van der Waals surface area contributed by atoms with Gasteiger partial charge in [-0.15, -0.1) is 0 Å². The van der Waals surface area contributed by atoms with Gasteiger partial charge in [-0.3, -0.25) is 14.5 Å². The lowest BCUT2D eigenvalue weighted by molar-refractivity contribution is -0.132. The van der Waals surface area contributed by atoms with E-state index in [-0.39, 0.29) is 11.3 Å². The van der Waals surface area contributed by atoms with Gasteiger partial charge in [0.2, 0.25) is 0 Å². The van der Waals surface area contributed by atoms with E-state index in [1.54, 1.807) is 66.7 Å². The Balaban J connectivity index is 1.89. The Morgan fingerprint density at radius 2 is 1.61 bits per heavy atom. The average molecular weight is 518 g/mol. The number of hydrogen-bond donors (Lipinski definition) is 1. The molecule has 1 atom stereocenters. The maximum absolute atomic E-state index is 13.5. The molecular weight excluding hydrogens is 486 g/mol. The first-order valence-corrected chi connectivity index (χ1v) is 12.4. The molecule has 3 aromatic rings. The van der Waals surface area contributed by atoms with Crippen LogP contribution in [0.5, 0.6) is 23.0 Å². The predicted molar refractivity (Wildman–Crippen MR) is 144 cm³/mol. The third-order valence-corrected chi connectivity index (χ3v) is 6.17. The maximum atomic E-state index is 13.5. The smallest absolute Gasteiger partial charge is 0.300 e. The van der Waals surface area contributed by atoms with Crippen LogP contribution in [-0.2, 0) is 9.59 Å². The van der Waals surface area contributed by atoms with Crippen LogP contribution >= 0.6 is 0 Å². The largest absolute Gasteiger partial charge is 0.507 e. The quantitative estimate of drug-likeness (QED) is 0.215. The Bertz CT molecular complexity index is 1350. The van der Waals surface area contributed by atoms with E-state index in [1.807, 2.05) is 13.8 Å². The monoisotopic (exact) mass is 517 g/mol. The van der Waals surface area contributed by atoms with Crippen LogP contribution in [0.2, 0.25) is 0 Å². The summed E-state index contributed by atoms with van der Waals surface area (Å²) in [5.41, 5.74) is 1.38. The van der Waals surface area contributed by atoms with Crippen LogP contribution in [0.15, 0.2) is 72.3 Å². The normalized spacial score (nSPS) is 16.4. The predicted octanol–water partition coefficient (Wildman–Crippen LogP) is 5.52. The molecule has 1 aliphatic rings. The van der Waals surface area contributed by atoms with Crippen molar-refractivity contribution in [2.24, 2.45) is 0 Å². The average Bonchev–Trinajstić information content (AvgIpc) is 3.21. The minimum Gasteiger partial charge on any atom is -0.507 e. The van der Waals surface area contributed by atoms with Crippen molar-refractivity contribution in [1.29, 1.82) is 0 Å². The molecule has 8 heteroatoms. The molecule has 0 aromatic heterocycles. The van der Waals surface area contributed by atoms with Crippen molar-refractivity contribution < 1.29 is 33.6 Å². The van der Waals surface area contributed by atoms with Gasteiger partial charge in [0.05, 0.1) is 39.0 Å². The van der Waals surface area contributed by atoms with E-state index in [0.717, 1.165) is 6.42 Å². The van der Waals surface area contributed by atoms with Gasteiger partial charge >= 0.3 is 0 Å². The Morgan fingerprint density at radius 3 is 2.26 bits per heavy atom. The number of aliphatic hydroxyl groups excluding tert-OH is 1. The van der Waals surface area contributed by atoms with Crippen LogP contribution in [0, 0.1) is 0 Å². The number of carbonyl (C=O) groups is 2. The summed E-state index contributed by atoms with van der Waals surface area (Å²) in [5.74, 6) is 0.273. The lowest BCUT2D eigenvalue weighted by Gasteiger charge is -2.26. The van der Waals surface area contributed by atoms with E-state index in [9.17, 15) is 14.7 Å². The number of anilines is 1. The van der Waals surface area contributed by atoms with E-state index >= 15 is 0 Å². The number of rotatable bonds is 10. The van der Waals surface area contributed by atoms with Crippen LogP contribution in [0.3, 0.4) is 0 Å². The number of aliphatic hydroxyl groups is 1. The molecule has 0 saturated carbocycles. The highest BCUT2D eigenvalue weighted by Gasteiger charge is 2.47. The minimum absolute atomic E-state index is 0.0382. The number of hydrogen-bond acceptors (Lipinski definition) is 7. The van der Waals surface area contributed by atoms with Crippen LogP contribution in [0.4, 0.5) is 5.69 Å². The zero-order chi connectivity index (χ0) is 27.2. The summed E-state index contributed by atoms with van der Waals surface area (Å²) in [4.78, 5) is 28.3. The fraction of sp³-hybridized carbons (Fsp3) is 0.267. The minimum atomic E-state index is -0.923. The second kappa shape index (κ2) is 11.7. The number of ketones is 1. The summed E-state index contributed by atoms with van der Waals surface area (Å²) in [5, 5.41) is 11.4. The molecule has 198 valence electrons. The molecule has 38 heavy (non-hydrogen) atoms. The standard InChI is InChI=1S/C30H31NO7/c1-5-16-38-23-9-7-8-20(17-23)28(32)26-27(19-10-15-24(35-3)25(18-19)36-4)31(30(34)29(26)33)21-11-13-22(14-12-21)37-6-2/h7-15,17-18,27,32H,5-6,16H2,1-4H3/b28-26-. The number of benzene rings is 3. The van der Waals surface area contributed by atoms with E-state index in [2.05, 4.69) is 0 Å². The van der Waals surface area contributed by atoms with Crippen molar-refractivity contribution in [3.63, 3.8) is 0 Å². The lowest BCUT2D eigenvalue weighted by Crippen LogP contribution is -2.29. The van der Waals surface area contributed by atoms with Crippen LogP contribution in [0.25, 0.3) is 5.76 Å². The lowest BCUT2D eigenvalue weighted by atomic mass is 9.94. The molecular formula is C30H31NO7. The first-order chi connectivity index (χ1) is 18.4. The zero-order valence-corrected chi connectivity index (χ0v) is 21.9. The molecule has 3 aromatic carbocycles.